The number of esters is 2. The zero-order valence-corrected chi connectivity index (χ0v) is 6.07. The summed E-state index contributed by atoms with van der Waals surface area (Å²) in [4.78, 5) is 31.3. The van der Waals surface area contributed by atoms with Gasteiger partial charge in [-0.25, -0.2) is 9.59 Å². The Kier molecular flexibility index (Phi) is 2.27. The summed E-state index contributed by atoms with van der Waals surface area (Å²) >= 11 is 0. The predicted molar refractivity (Wildman–Crippen MR) is 35.3 cm³/mol. The Labute approximate surface area is 67.5 Å². The summed E-state index contributed by atoms with van der Waals surface area (Å²) < 4.78 is 4.20. The van der Waals surface area contributed by atoms with Crippen molar-refractivity contribution in [3.05, 3.63) is 0 Å². The molecule has 0 aromatic heterocycles. The third-order valence-corrected chi connectivity index (χ3v) is 1.43. The lowest BCUT2D eigenvalue weighted by atomic mass is 10.1. The van der Waals surface area contributed by atoms with Crippen LogP contribution in [0.4, 0.5) is 4.79 Å². The van der Waals surface area contributed by atoms with Crippen LogP contribution in [0.15, 0.2) is 0 Å². The number of amides is 1. The first-order valence-corrected chi connectivity index (χ1v) is 3.33. The van der Waals surface area contributed by atoms with Crippen LogP contribution in [0.1, 0.15) is 12.8 Å². The molecule has 0 bridgehead atoms. The van der Waals surface area contributed by atoms with Gasteiger partial charge in [0.05, 0.1) is 0 Å². The summed E-state index contributed by atoms with van der Waals surface area (Å²) in [5.74, 6) is -1.43. The summed E-state index contributed by atoms with van der Waals surface area (Å²) in [6.07, 6.45) is -1.06. The zero-order chi connectivity index (χ0) is 9.14. The summed E-state index contributed by atoms with van der Waals surface area (Å²) in [5, 5.41) is 10.2. The van der Waals surface area contributed by atoms with Crippen molar-refractivity contribution in [2.75, 3.05) is 0 Å². The monoisotopic (exact) mass is 173 g/mol. The van der Waals surface area contributed by atoms with E-state index in [0.29, 0.717) is 0 Å². The van der Waals surface area contributed by atoms with Gasteiger partial charge in [0.25, 0.3) is 0 Å². The maximum absolute atomic E-state index is 10.8. The lowest BCUT2D eigenvalue weighted by Crippen LogP contribution is -2.44. The molecule has 0 aromatic carbocycles. The van der Waals surface area contributed by atoms with Gasteiger partial charge in [-0.3, -0.25) is 4.79 Å². The number of ether oxygens (including phenoxy) is 1. The molecule has 0 aliphatic carbocycles. The largest absolute Gasteiger partial charge is 0.465 e. The second kappa shape index (κ2) is 3.21. The van der Waals surface area contributed by atoms with Gasteiger partial charge in [0.15, 0.2) is 0 Å². The van der Waals surface area contributed by atoms with Crippen molar-refractivity contribution in [2.45, 2.75) is 18.9 Å². The van der Waals surface area contributed by atoms with Crippen LogP contribution in [-0.4, -0.2) is 29.2 Å². The molecule has 1 aliphatic rings. The van der Waals surface area contributed by atoms with Crippen molar-refractivity contribution in [3.8, 4) is 0 Å². The van der Waals surface area contributed by atoms with E-state index in [-0.39, 0.29) is 12.8 Å². The number of hydrogen-bond acceptors (Lipinski definition) is 4. The van der Waals surface area contributed by atoms with Crippen LogP contribution in [0, 0.1) is 0 Å². The van der Waals surface area contributed by atoms with E-state index in [4.69, 9.17) is 5.11 Å². The van der Waals surface area contributed by atoms with E-state index in [1.807, 2.05) is 5.32 Å². The van der Waals surface area contributed by atoms with Crippen molar-refractivity contribution in [2.24, 2.45) is 0 Å². The third kappa shape index (κ3) is 1.94. The smallest absolute Gasteiger partial charge is 0.405 e. The Balaban J connectivity index is 2.51. The Morgan fingerprint density at radius 1 is 1.58 bits per heavy atom. The van der Waals surface area contributed by atoms with E-state index in [1.54, 1.807) is 0 Å². The Bertz CT molecular complexity index is 236. The lowest BCUT2D eigenvalue weighted by Gasteiger charge is -2.18. The molecule has 1 fully saturated rings. The number of cyclic esters (lactones) is 2. The highest BCUT2D eigenvalue weighted by Crippen LogP contribution is 2.08. The summed E-state index contributed by atoms with van der Waals surface area (Å²) in [6.45, 7) is 0. The molecular formula is C6H7NO5. The highest BCUT2D eigenvalue weighted by molar-refractivity contribution is 5.92. The minimum atomic E-state index is -1.30. The molecule has 0 aromatic rings. The van der Waals surface area contributed by atoms with Crippen LogP contribution in [0.2, 0.25) is 0 Å². The molecule has 0 spiro atoms. The number of rotatable bonds is 1. The number of nitrogens with one attached hydrogen (secondary N) is 1. The lowest BCUT2D eigenvalue weighted by molar-refractivity contribution is -0.165. The first kappa shape index (κ1) is 8.51. The van der Waals surface area contributed by atoms with Gasteiger partial charge in [-0.05, 0) is 6.42 Å². The van der Waals surface area contributed by atoms with Gasteiger partial charge in [-0.15, -0.1) is 0 Å². The fourth-order valence-corrected chi connectivity index (χ4v) is 0.895. The fourth-order valence-electron chi connectivity index (χ4n) is 0.895. The quantitative estimate of drug-likeness (QED) is 0.411. The van der Waals surface area contributed by atoms with Gasteiger partial charge >= 0.3 is 18.0 Å². The number of carboxylic acid groups (broad SMARTS) is 1. The van der Waals surface area contributed by atoms with Crippen LogP contribution >= 0.6 is 0 Å². The normalized spacial score (nSPS) is 23.2. The number of hydrogen-bond donors (Lipinski definition) is 2. The molecule has 1 heterocycles. The molecule has 66 valence electrons. The maximum atomic E-state index is 10.8. The number of carbonyl (C=O) groups is 3. The van der Waals surface area contributed by atoms with Crippen molar-refractivity contribution in [1.82, 2.24) is 5.32 Å². The second-order valence-corrected chi connectivity index (χ2v) is 2.33. The zero-order valence-electron chi connectivity index (χ0n) is 6.07. The average Bonchev–Trinajstić information content (AvgIpc) is 1.94. The molecule has 0 radical (unpaired) electrons. The standard InChI is InChI=1S/C6H7NO5/c8-4-2-1-3(5(9)12-4)7-6(10)11/h3,7H,1-2H2,(H,10,11)/t3-/m1/s1. The van der Waals surface area contributed by atoms with Crippen molar-refractivity contribution < 1.29 is 24.2 Å². The highest BCUT2D eigenvalue weighted by Gasteiger charge is 2.29. The molecule has 1 saturated heterocycles. The minimum Gasteiger partial charge on any atom is -0.465 e. The first-order chi connectivity index (χ1) is 5.59. The van der Waals surface area contributed by atoms with Crippen molar-refractivity contribution in [3.63, 3.8) is 0 Å². The molecule has 12 heavy (non-hydrogen) atoms. The van der Waals surface area contributed by atoms with Crippen LogP contribution < -0.4 is 5.32 Å². The average molecular weight is 173 g/mol. The van der Waals surface area contributed by atoms with Crippen LogP contribution in [0.25, 0.3) is 0 Å². The van der Waals surface area contributed by atoms with Gasteiger partial charge in [-0.2, -0.15) is 0 Å². The van der Waals surface area contributed by atoms with Crippen LogP contribution in [0.3, 0.4) is 0 Å². The fraction of sp³-hybridized carbons (Fsp3) is 0.500. The van der Waals surface area contributed by atoms with E-state index in [1.165, 1.54) is 0 Å². The summed E-state index contributed by atoms with van der Waals surface area (Å²) in [7, 11) is 0. The Morgan fingerprint density at radius 2 is 2.25 bits per heavy atom. The van der Waals surface area contributed by atoms with E-state index >= 15 is 0 Å². The molecule has 1 rings (SSSR count). The van der Waals surface area contributed by atoms with E-state index in [9.17, 15) is 14.4 Å². The summed E-state index contributed by atoms with van der Waals surface area (Å²) in [5.41, 5.74) is 0. The van der Waals surface area contributed by atoms with E-state index in [2.05, 4.69) is 4.74 Å². The molecular weight excluding hydrogens is 166 g/mol. The van der Waals surface area contributed by atoms with Gasteiger partial charge in [0.1, 0.15) is 6.04 Å². The first-order valence-electron chi connectivity index (χ1n) is 3.33. The topological polar surface area (TPSA) is 92.7 Å². The minimum absolute atomic E-state index is 0.0662. The van der Waals surface area contributed by atoms with Gasteiger partial charge in [-0.1, -0.05) is 0 Å². The summed E-state index contributed by atoms with van der Waals surface area (Å²) in [6, 6.07) is -0.903. The predicted octanol–water partition coefficient (Wildman–Crippen LogP) is -0.514. The van der Waals surface area contributed by atoms with Gasteiger partial charge in [0.2, 0.25) is 0 Å². The van der Waals surface area contributed by atoms with Gasteiger partial charge < -0.3 is 15.2 Å². The van der Waals surface area contributed by atoms with Crippen molar-refractivity contribution in [1.29, 1.82) is 0 Å². The van der Waals surface area contributed by atoms with Crippen molar-refractivity contribution >= 4 is 18.0 Å². The SMILES string of the molecule is O=C(O)N[C@@H]1CCC(=O)OC1=O. The van der Waals surface area contributed by atoms with Crippen LogP contribution in [0.5, 0.6) is 0 Å². The highest BCUT2D eigenvalue weighted by atomic mass is 16.6. The molecule has 0 unspecified atom stereocenters. The molecule has 2 N–H and O–H groups in total. The van der Waals surface area contributed by atoms with Crippen LogP contribution in [-0.2, 0) is 14.3 Å². The van der Waals surface area contributed by atoms with Gasteiger partial charge in [0, 0.05) is 6.42 Å². The molecule has 0 saturated carbocycles. The number of carbonyl (C=O) groups excluding carboxylic acids is 2. The molecule has 6 heteroatoms. The van der Waals surface area contributed by atoms with E-state index < -0.39 is 24.1 Å². The molecule has 6 nitrogen and oxygen atoms in total. The van der Waals surface area contributed by atoms with E-state index in [0.717, 1.165) is 0 Å². The molecule has 1 amide bonds. The second-order valence-electron chi connectivity index (χ2n) is 2.33. The Hall–Kier alpha value is -1.59. The molecule has 1 aliphatic heterocycles. The Morgan fingerprint density at radius 3 is 2.75 bits per heavy atom. The maximum Gasteiger partial charge on any atom is 0.405 e. The third-order valence-electron chi connectivity index (χ3n) is 1.43. The molecule has 1 atom stereocenters.